The van der Waals surface area contributed by atoms with Gasteiger partial charge in [0.2, 0.25) is 0 Å². The lowest BCUT2D eigenvalue weighted by Gasteiger charge is -2.01. The van der Waals surface area contributed by atoms with Gasteiger partial charge >= 0.3 is 5.97 Å². The van der Waals surface area contributed by atoms with Crippen molar-refractivity contribution in [2.45, 2.75) is 6.92 Å². The minimum Gasteiger partial charge on any atom is -0.427 e. The molecule has 0 aromatic heterocycles. The lowest BCUT2D eigenvalue weighted by molar-refractivity contribution is -0.131. The minimum atomic E-state index is -0.343. The Labute approximate surface area is 83.6 Å². The van der Waals surface area contributed by atoms with Crippen LogP contribution in [0.25, 0.3) is 0 Å². The summed E-state index contributed by atoms with van der Waals surface area (Å²) in [4.78, 5) is 10.5. The van der Waals surface area contributed by atoms with E-state index in [1.807, 2.05) is 0 Å². The molecule has 4 heteroatoms. The van der Waals surface area contributed by atoms with Crippen LogP contribution in [0.4, 0.5) is 0 Å². The molecule has 0 aliphatic rings. The van der Waals surface area contributed by atoms with Gasteiger partial charge in [-0.2, -0.15) is 0 Å². The van der Waals surface area contributed by atoms with Gasteiger partial charge in [-0.05, 0) is 34.1 Å². The van der Waals surface area contributed by atoms with Crippen molar-refractivity contribution >= 4 is 33.5 Å². The first-order valence-electron chi connectivity index (χ1n) is 3.23. The molecule has 0 bridgehead atoms. The molecule has 0 N–H and O–H groups in total. The maximum atomic E-state index is 10.5. The van der Waals surface area contributed by atoms with Crippen LogP contribution in [-0.4, -0.2) is 5.97 Å². The van der Waals surface area contributed by atoms with Gasteiger partial charge in [-0.15, -0.1) is 0 Å². The van der Waals surface area contributed by atoms with Crippen LogP contribution >= 0.6 is 27.5 Å². The number of benzene rings is 1. The number of carbonyl (C=O) groups is 1. The summed E-state index contributed by atoms with van der Waals surface area (Å²) in [5.41, 5.74) is 0. The summed E-state index contributed by atoms with van der Waals surface area (Å²) in [6, 6.07) is 4.93. The molecule has 2 nitrogen and oxygen atoms in total. The van der Waals surface area contributed by atoms with Gasteiger partial charge in [0, 0.05) is 11.4 Å². The Balaban J connectivity index is 2.89. The molecule has 12 heavy (non-hydrogen) atoms. The van der Waals surface area contributed by atoms with E-state index in [2.05, 4.69) is 15.9 Å². The molecular weight excluding hydrogens is 243 g/mol. The first-order chi connectivity index (χ1) is 5.59. The number of hydrogen-bond donors (Lipinski definition) is 0. The first kappa shape index (κ1) is 9.55. The Morgan fingerprint density at radius 3 is 2.75 bits per heavy atom. The minimum absolute atomic E-state index is 0.343. The molecular formula is C8H6BrClO2. The zero-order chi connectivity index (χ0) is 9.14. The third kappa shape index (κ3) is 2.50. The summed E-state index contributed by atoms with van der Waals surface area (Å²) in [5.74, 6) is 0.142. The van der Waals surface area contributed by atoms with Crippen molar-refractivity contribution < 1.29 is 9.53 Å². The van der Waals surface area contributed by atoms with Crippen molar-refractivity contribution in [1.29, 1.82) is 0 Å². The first-order valence-corrected chi connectivity index (χ1v) is 4.40. The largest absolute Gasteiger partial charge is 0.427 e. The number of carbonyl (C=O) groups excluding carboxylic acids is 1. The van der Waals surface area contributed by atoms with Crippen LogP contribution in [0.5, 0.6) is 5.75 Å². The normalized spacial score (nSPS) is 9.58. The van der Waals surface area contributed by atoms with Crippen LogP contribution in [0.2, 0.25) is 5.02 Å². The quantitative estimate of drug-likeness (QED) is 0.565. The van der Waals surface area contributed by atoms with Gasteiger partial charge in [0.15, 0.2) is 0 Å². The Morgan fingerprint density at radius 2 is 2.25 bits per heavy atom. The van der Waals surface area contributed by atoms with Crippen LogP contribution in [0.1, 0.15) is 6.92 Å². The molecule has 0 spiro atoms. The highest BCUT2D eigenvalue weighted by molar-refractivity contribution is 9.10. The Morgan fingerprint density at radius 1 is 1.58 bits per heavy atom. The zero-order valence-electron chi connectivity index (χ0n) is 6.30. The molecule has 1 rings (SSSR count). The SMILES string of the molecule is CC(=O)Oc1ccc(Cl)c(Br)c1. The van der Waals surface area contributed by atoms with E-state index in [-0.39, 0.29) is 5.97 Å². The van der Waals surface area contributed by atoms with Gasteiger partial charge in [0.1, 0.15) is 5.75 Å². The van der Waals surface area contributed by atoms with Gasteiger partial charge < -0.3 is 4.74 Å². The Bertz CT molecular complexity index is 312. The predicted molar refractivity (Wildman–Crippen MR) is 50.5 cm³/mol. The lowest BCUT2D eigenvalue weighted by Crippen LogP contribution is -2.00. The topological polar surface area (TPSA) is 26.3 Å². The monoisotopic (exact) mass is 248 g/mol. The molecule has 0 radical (unpaired) electrons. The number of hydrogen-bond acceptors (Lipinski definition) is 2. The van der Waals surface area contributed by atoms with Gasteiger partial charge in [-0.25, -0.2) is 0 Å². The van der Waals surface area contributed by atoms with Crippen molar-refractivity contribution in [1.82, 2.24) is 0 Å². The van der Waals surface area contributed by atoms with E-state index < -0.39 is 0 Å². The van der Waals surface area contributed by atoms with E-state index in [1.54, 1.807) is 18.2 Å². The molecule has 1 aromatic carbocycles. The third-order valence-electron chi connectivity index (χ3n) is 1.15. The summed E-state index contributed by atoms with van der Waals surface area (Å²) in [6.45, 7) is 1.35. The fourth-order valence-electron chi connectivity index (χ4n) is 0.706. The van der Waals surface area contributed by atoms with Crippen molar-refractivity contribution in [2.24, 2.45) is 0 Å². The second kappa shape index (κ2) is 3.92. The number of ether oxygens (including phenoxy) is 1. The maximum absolute atomic E-state index is 10.5. The summed E-state index contributed by atoms with van der Waals surface area (Å²) >= 11 is 8.94. The summed E-state index contributed by atoms with van der Waals surface area (Å²) in [6.07, 6.45) is 0. The predicted octanol–water partition coefficient (Wildman–Crippen LogP) is 3.03. The Kier molecular flexibility index (Phi) is 3.12. The van der Waals surface area contributed by atoms with E-state index in [0.717, 1.165) is 0 Å². The second-order valence-electron chi connectivity index (χ2n) is 2.17. The van der Waals surface area contributed by atoms with Gasteiger partial charge in [0.05, 0.1) is 5.02 Å². The zero-order valence-corrected chi connectivity index (χ0v) is 8.65. The van der Waals surface area contributed by atoms with Gasteiger partial charge in [0.25, 0.3) is 0 Å². The van der Waals surface area contributed by atoms with Crippen LogP contribution in [0.3, 0.4) is 0 Å². The molecule has 1 aromatic rings. The van der Waals surface area contributed by atoms with Crippen molar-refractivity contribution in [3.05, 3.63) is 27.7 Å². The van der Waals surface area contributed by atoms with Crippen LogP contribution in [0, 0.1) is 0 Å². The summed E-state index contributed by atoms with van der Waals surface area (Å²) in [7, 11) is 0. The summed E-state index contributed by atoms with van der Waals surface area (Å²) in [5, 5.41) is 0.589. The smallest absolute Gasteiger partial charge is 0.308 e. The molecule has 0 aliphatic heterocycles. The highest BCUT2D eigenvalue weighted by atomic mass is 79.9. The van der Waals surface area contributed by atoms with Gasteiger partial charge in [-0.1, -0.05) is 11.6 Å². The standard InChI is InChI=1S/C8H6BrClO2/c1-5(11)12-6-2-3-8(10)7(9)4-6/h2-4H,1H3. The lowest BCUT2D eigenvalue weighted by atomic mass is 10.3. The molecule has 0 saturated heterocycles. The van der Waals surface area contributed by atoms with Gasteiger partial charge in [-0.3, -0.25) is 4.79 Å². The number of halogens is 2. The highest BCUT2D eigenvalue weighted by Crippen LogP contribution is 2.26. The average molecular weight is 249 g/mol. The average Bonchev–Trinajstić information content (AvgIpc) is 1.96. The van der Waals surface area contributed by atoms with E-state index in [0.29, 0.717) is 15.2 Å². The summed E-state index contributed by atoms with van der Waals surface area (Å²) < 4.78 is 5.53. The maximum Gasteiger partial charge on any atom is 0.308 e. The number of esters is 1. The van der Waals surface area contributed by atoms with Crippen molar-refractivity contribution in [3.8, 4) is 5.75 Å². The van der Waals surface area contributed by atoms with Crippen LogP contribution in [0.15, 0.2) is 22.7 Å². The molecule has 0 unspecified atom stereocenters. The van der Waals surface area contributed by atoms with Crippen molar-refractivity contribution in [3.63, 3.8) is 0 Å². The highest BCUT2D eigenvalue weighted by Gasteiger charge is 2.01. The van der Waals surface area contributed by atoms with E-state index in [1.165, 1.54) is 6.92 Å². The molecule has 0 aliphatic carbocycles. The van der Waals surface area contributed by atoms with E-state index >= 15 is 0 Å². The van der Waals surface area contributed by atoms with Crippen molar-refractivity contribution in [2.75, 3.05) is 0 Å². The van der Waals surface area contributed by atoms with E-state index in [9.17, 15) is 4.79 Å². The molecule has 64 valence electrons. The molecule has 0 fully saturated rings. The second-order valence-corrected chi connectivity index (χ2v) is 3.43. The Hall–Kier alpha value is -0.540. The molecule has 0 atom stereocenters. The van der Waals surface area contributed by atoms with Crippen LogP contribution < -0.4 is 4.74 Å². The molecule has 0 heterocycles. The fourth-order valence-corrected chi connectivity index (χ4v) is 1.18. The van der Waals surface area contributed by atoms with E-state index in [4.69, 9.17) is 16.3 Å². The molecule has 0 saturated carbocycles. The molecule has 0 amide bonds. The third-order valence-corrected chi connectivity index (χ3v) is 2.37. The number of rotatable bonds is 1. The van der Waals surface area contributed by atoms with Crippen LogP contribution in [-0.2, 0) is 4.79 Å². The fraction of sp³-hybridized carbons (Fsp3) is 0.125.